The van der Waals surface area contributed by atoms with Crippen molar-refractivity contribution in [2.75, 3.05) is 0 Å². The molecule has 17 heavy (non-hydrogen) atoms. The molecule has 88 valence electrons. The highest BCUT2D eigenvalue weighted by molar-refractivity contribution is 6.31. The Kier molecular flexibility index (Phi) is 3.54. The molecule has 2 rings (SSSR count). The molecule has 0 saturated heterocycles. The molecule has 0 heterocycles. The maximum Gasteiger partial charge on any atom is 0.0443 e. The van der Waals surface area contributed by atoms with Crippen LogP contribution < -0.4 is 0 Å². The van der Waals surface area contributed by atoms with Crippen LogP contribution in [0.2, 0.25) is 5.02 Å². The highest BCUT2D eigenvalue weighted by Crippen LogP contribution is 2.34. The summed E-state index contributed by atoms with van der Waals surface area (Å²) < 4.78 is 0. The molecule has 0 spiro atoms. The zero-order valence-electron chi connectivity index (χ0n) is 10.5. The molecule has 0 aromatic heterocycles. The van der Waals surface area contributed by atoms with Gasteiger partial charge in [0.1, 0.15) is 0 Å². The minimum atomic E-state index is 0.450. The molecule has 0 radical (unpaired) electrons. The number of hydrogen-bond donors (Lipinski definition) is 0. The van der Waals surface area contributed by atoms with Crippen LogP contribution in [-0.4, -0.2) is 0 Å². The molecule has 0 saturated carbocycles. The number of hydrogen-bond acceptors (Lipinski definition) is 0. The minimum Gasteiger partial charge on any atom is -0.0840 e. The summed E-state index contributed by atoms with van der Waals surface area (Å²) in [7, 11) is 0. The number of benzene rings is 2. The van der Waals surface area contributed by atoms with Crippen LogP contribution >= 0.6 is 11.6 Å². The monoisotopic (exact) mass is 244 g/mol. The zero-order valence-corrected chi connectivity index (χ0v) is 11.3. The largest absolute Gasteiger partial charge is 0.0840 e. The average molecular weight is 245 g/mol. The number of rotatable bonds is 2. The van der Waals surface area contributed by atoms with Gasteiger partial charge in [-0.2, -0.15) is 0 Å². The van der Waals surface area contributed by atoms with E-state index in [4.69, 9.17) is 11.6 Å². The van der Waals surface area contributed by atoms with Crippen molar-refractivity contribution >= 4 is 11.6 Å². The summed E-state index contributed by atoms with van der Waals surface area (Å²) in [5.74, 6) is 0.450. The quantitative estimate of drug-likeness (QED) is 0.660. The van der Waals surface area contributed by atoms with E-state index >= 15 is 0 Å². The molecule has 2 aromatic rings. The van der Waals surface area contributed by atoms with Gasteiger partial charge < -0.3 is 0 Å². The Hall–Kier alpha value is -1.27. The van der Waals surface area contributed by atoms with Gasteiger partial charge in [-0.3, -0.25) is 0 Å². The second-order valence-electron chi connectivity index (χ2n) is 4.65. The first-order valence-corrected chi connectivity index (χ1v) is 6.33. The van der Waals surface area contributed by atoms with Gasteiger partial charge in [0.05, 0.1) is 0 Å². The molecule has 0 unspecified atom stereocenters. The molecule has 0 aliphatic heterocycles. The van der Waals surface area contributed by atoms with Crippen molar-refractivity contribution in [2.24, 2.45) is 0 Å². The van der Waals surface area contributed by atoms with Crippen LogP contribution in [0.5, 0.6) is 0 Å². The van der Waals surface area contributed by atoms with Gasteiger partial charge in [0.15, 0.2) is 0 Å². The second-order valence-corrected chi connectivity index (χ2v) is 5.06. The maximum absolute atomic E-state index is 6.28. The van der Waals surface area contributed by atoms with Crippen LogP contribution in [0.25, 0.3) is 11.1 Å². The van der Waals surface area contributed by atoms with Crippen molar-refractivity contribution in [1.82, 2.24) is 0 Å². The summed E-state index contributed by atoms with van der Waals surface area (Å²) in [5.41, 5.74) is 5.08. The van der Waals surface area contributed by atoms with Gasteiger partial charge in [-0.05, 0) is 41.2 Å². The summed E-state index contributed by atoms with van der Waals surface area (Å²) >= 11 is 6.28. The lowest BCUT2D eigenvalue weighted by atomic mass is 9.91. The first kappa shape index (κ1) is 12.2. The first-order chi connectivity index (χ1) is 8.11. The van der Waals surface area contributed by atoms with Gasteiger partial charge in [-0.1, -0.05) is 61.8 Å². The fourth-order valence-electron chi connectivity index (χ4n) is 2.33. The van der Waals surface area contributed by atoms with Gasteiger partial charge in [-0.15, -0.1) is 0 Å². The fourth-order valence-corrected chi connectivity index (χ4v) is 2.76. The van der Waals surface area contributed by atoms with Crippen LogP contribution in [0.15, 0.2) is 42.5 Å². The SMILES string of the molecule is Cc1c(-c2ccccc2)ccc(Cl)c1C(C)C. The molecular formula is C16H17Cl. The third kappa shape index (κ3) is 2.37. The summed E-state index contributed by atoms with van der Waals surface area (Å²) in [5, 5.41) is 0.872. The lowest BCUT2D eigenvalue weighted by Crippen LogP contribution is -1.96. The smallest absolute Gasteiger partial charge is 0.0443 e. The van der Waals surface area contributed by atoms with Crippen LogP contribution in [0, 0.1) is 6.92 Å². The van der Waals surface area contributed by atoms with Gasteiger partial charge in [-0.25, -0.2) is 0 Å². The van der Waals surface area contributed by atoms with E-state index in [1.54, 1.807) is 0 Å². The highest BCUT2D eigenvalue weighted by atomic mass is 35.5. The van der Waals surface area contributed by atoms with Crippen molar-refractivity contribution in [3.8, 4) is 11.1 Å². The molecule has 0 aliphatic rings. The minimum absolute atomic E-state index is 0.450. The lowest BCUT2D eigenvalue weighted by Gasteiger charge is -2.16. The molecule has 0 aliphatic carbocycles. The summed E-state index contributed by atoms with van der Waals surface area (Å²) in [6.45, 7) is 6.52. The van der Waals surface area contributed by atoms with E-state index in [0.717, 1.165) is 5.02 Å². The van der Waals surface area contributed by atoms with E-state index in [-0.39, 0.29) is 0 Å². The van der Waals surface area contributed by atoms with Crippen LogP contribution in [0.4, 0.5) is 0 Å². The molecule has 2 aromatic carbocycles. The molecule has 0 fully saturated rings. The van der Waals surface area contributed by atoms with Crippen molar-refractivity contribution in [3.05, 3.63) is 58.6 Å². The van der Waals surface area contributed by atoms with Gasteiger partial charge in [0.2, 0.25) is 0 Å². The maximum atomic E-state index is 6.28. The predicted molar refractivity (Wildman–Crippen MR) is 75.7 cm³/mol. The van der Waals surface area contributed by atoms with E-state index in [9.17, 15) is 0 Å². The van der Waals surface area contributed by atoms with E-state index in [1.807, 2.05) is 12.1 Å². The Bertz CT molecular complexity index is 513. The van der Waals surface area contributed by atoms with Crippen LogP contribution in [-0.2, 0) is 0 Å². The van der Waals surface area contributed by atoms with Crippen molar-refractivity contribution in [1.29, 1.82) is 0 Å². The Balaban J connectivity index is 2.62. The molecule has 0 N–H and O–H groups in total. The molecule has 0 nitrogen and oxygen atoms in total. The Morgan fingerprint density at radius 2 is 1.59 bits per heavy atom. The van der Waals surface area contributed by atoms with E-state index in [0.29, 0.717) is 5.92 Å². The Labute approximate surface area is 108 Å². The predicted octanol–water partition coefficient (Wildman–Crippen LogP) is 5.44. The van der Waals surface area contributed by atoms with Crippen molar-refractivity contribution < 1.29 is 0 Å². The summed E-state index contributed by atoms with van der Waals surface area (Å²) in [6, 6.07) is 14.6. The summed E-state index contributed by atoms with van der Waals surface area (Å²) in [4.78, 5) is 0. The zero-order chi connectivity index (χ0) is 12.4. The molecule has 1 heteroatoms. The highest BCUT2D eigenvalue weighted by Gasteiger charge is 2.12. The normalized spacial score (nSPS) is 10.9. The number of halogens is 1. The van der Waals surface area contributed by atoms with Crippen molar-refractivity contribution in [2.45, 2.75) is 26.7 Å². The third-order valence-electron chi connectivity index (χ3n) is 3.12. The second kappa shape index (κ2) is 4.93. The molecule has 0 atom stereocenters. The average Bonchev–Trinajstić information content (AvgIpc) is 2.30. The summed E-state index contributed by atoms with van der Waals surface area (Å²) in [6.07, 6.45) is 0. The van der Waals surface area contributed by atoms with Crippen molar-refractivity contribution in [3.63, 3.8) is 0 Å². The lowest BCUT2D eigenvalue weighted by molar-refractivity contribution is 0.857. The van der Waals surface area contributed by atoms with Gasteiger partial charge in [0.25, 0.3) is 0 Å². The standard InChI is InChI=1S/C16H17Cl/c1-11(2)16-12(3)14(9-10-15(16)17)13-7-5-4-6-8-13/h4-11H,1-3H3. The molecule has 0 bridgehead atoms. The Morgan fingerprint density at radius 3 is 2.18 bits per heavy atom. The fraction of sp³-hybridized carbons (Fsp3) is 0.250. The van der Waals surface area contributed by atoms with Gasteiger partial charge in [0, 0.05) is 5.02 Å². The van der Waals surface area contributed by atoms with Gasteiger partial charge >= 0.3 is 0 Å². The van der Waals surface area contributed by atoms with E-state index in [1.165, 1.54) is 22.3 Å². The third-order valence-corrected chi connectivity index (χ3v) is 3.45. The van der Waals surface area contributed by atoms with Crippen LogP contribution in [0.3, 0.4) is 0 Å². The van der Waals surface area contributed by atoms with E-state index in [2.05, 4.69) is 51.1 Å². The molecular weight excluding hydrogens is 228 g/mol. The molecule has 0 amide bonds. The topological polar surface area (TPSA) is 0 Å². The van der Waals surface area contributed by atoms with Crippen LogP contribution in [0.1, 0.15) is 30.9 Å². The Morgan fingerprint density at radius 1 is 0.941 bits per heavy atom. The first-order valence-electron chi connectivity index (χ1n) is 5.95. The van der Waals surface area contributed by atoms with E-state index < -0.39 is 0 Å².